The molecule has 0 aliphatic rings. The molecule has 23 heavy (non-hydrogen) atoms. The predicted molar refractivity (Wildman–Crippen MR) is 90.3 cm³/mol. The molecule has 1 heterocycles. The molecule has 6 heteroatoms. The van der Waals surface area contributed by atoms with Gasteiger partial charge in [0, 0.05) is 4.88 Å². The van der Waals surface area contributed by atoms with E-state index in [1.54, 1.807) is 20.1 Å². The van der Waals surface area contributed by atoms with Gasteiger partial charge in [-0.2, -0.15) is 0 Å². The summed E-state index contributed by atoms with van der Waals surface area (Å²) in [5, 5.41) is 3.32. The van der Waals surface area contributed by atoms with Crippen LogP contribution in [-0.2, 0) is 16.0 Å². The molecule has 0 radical (unpaired) electrons. The van der Waals surface area contributed by atoms with Crippen molar-refractivity contribution in [3.63, 3.8) is 0 Å². The zero-order valence-corrected chi connectivity index (χ0v) is 14.2. The highest BCUT2D eigenvalue weighted by Crippen LogP contribution is 2.28. The molecule has 1 aromatic heterocycles. The van der Waals surface area contributed by atoms with Gasteiger partial charge >= 0.3 is 5.97 Å². The van der Waals surface area contributed by atoms with Crippen molar-refractivity contribution in [2.24, 2.45) is 0 Å². The number of esters is 1. The van der Waals surface area contributed by atoms with Gasteiger partial charge in [0.1, 0.15) is 10.8 Å². The molecule has 0 unspecified atom stereocenters. The predicted octanol–water partition coefficient (Wildman–Crippen LogP) is 3.42. The Morgan fingerprint density at radius 1 is 1.22 bits per heavy atom. The number of thiophene rings is 1. The SMILES string of the molecule is CCOC(=O)c1cc(C)sc1NC(=O)Cc1ccc(OC)cc1. The van der Waals surface area contributed by atoms with E-state index < -0.39 is 5.97 Å². The van der Waals surface area contributed by atoms with Crippen LogP contribution in [0.15, 0.2) is 30.3 Å². The number of anilines is 1. The minimum Gasteiger partial charge on any atom is -0.497 e. The van der Waals surface area contributed by atoms with Gasteiger partial charge in [0.2, 0.25) is 5.91 Å². The summed E-state index contributed by atoms with van der Waals surface area (Å²) in [6.45, 7) is 3.93. The molecule has 122 valence electrons. The minimum absolute atomic E-state index is 0.178. The van der Waals surface area contributed by atoms with Gasteiger partial charge in [0.25, 0.3) is 0 Å². The molecule has 0 spiro atoms. The van der Waals surface area contributed by atoms with Crippen LogP contribution in [0.1, 0.15) is 27.7 Å². The number of carbonyl (C=O) groups excluding carboxylic acids is 2. The highest BCUT2D eigenvalue weighted by molar-refractivity contribution is 7.16. The number of amides is 1. The van der Waals surface area contributed by atoms with Gasteiger partial charge in [-0.15, -0.1) is 11.3 Å². The lowest BCUT2D eigenvalue weighted by Gasteiger charge is -2.07. The second-order valence-electron chi connectivity index (χ2n) is 4.89. The second kappa shape index (κ2) is 7.78. The molecule has 0 aliphatic heterocycles. The molecule has 0 aliphatic carbocycles. The maximum atomic E-state index is 12.2. The van der Waals surface area contributed by atoms with Crippen molar-refractivity contribution < 1.29 is 19.1 Å². The first kappa shape index (κ1) is 17.0. The topological polar surface area (TPSA) is 64.6 Å². The first-order chi connectivity index (χ1) is 11.0. The molecule has 1 aromatic carbocycles. The van der Waals surface area contributed by atoms with E-state index >= 15 is 0 Å². The maximum absolute atomic E-state index is 12.2. The summed E-state index contributed by atoms with van der Waals surface area (Å²) in [5.41, 5.74) is 1.27. The molecule has 0 fully saturated rings. The first-order valence-corrected chi connectivity index (χ1v) is 8.05. The summed E-state index contributed by atoms with van der Waals surface area (Å²) in [6, 6.07) is 9.02. The number of ether oxygens (including phenoxy) is 2. The van der Waals surface area contributed by atoms with E-state index in [-0.39, 0.29) is 12.3 Å². The minimum atomic E-state index is -0.420. The fourth-order valence-electron chi connectivity index (χ4n) is 2.07. The average Bonchev–Trinajstić information content (AvgIpc) is 2.88. The van der Waals surface area contributed by atoms with Crippen molar-refractivity contribution in [2.75, 3.05) is 19.0 Å². The second-order valence-corrected chi connectivity index (χ2v) is 6.15. The standard InChI is InChI=1S/C17H19NO4S/c1-4-22-17(20)14-9-11(2)23-16(14)18-15(19)10-12-5-7-13(21-3)8-6-12/h5-9H,4,10H2,1-3H3,(H,18,19). The fraction of sp³-hybridized carbons (Fsp3) is 0.294. The largest absolute Gasteiger partial charge is 0.497 e. The third-order valence-corrected chi connectivity index (χ3v) is 4.09. The van der Waals surface area contributed by atoms with E-state index in [4.69, 9.17) is 9.47 Å². The monoisotopic (exact) mass is 333 g/mol. The quantitative estimate of drug-likeness (QED) is 0.823. The van der Waals surface area contributed by atoms with Crippen LogP contribution in [0, 0.1) is 6.92 Å². The molecule has 0 atom stereocenters. The van der Waals surface area contributed by atoms with Crippen LogP contribution in [0.4, 0.5) is 5.00 Å². The number of aryl methyl sites for hydroxylation is 1. The zero-order valence-electron chi connectivity index (χ0n) is 13.3. The van der Waals surface area contributed by atoms with Crippen LogP contribution in [0.5, 0.6) is 5.75 Å². The molecule has 0 bridgehead atoms. The Morgan fingerprint density at radius 2 is 1.91 bits per heavy atom. The van der Waals surface area contributed by atoms with Crippen molar-refractivity contribution in [1.29, 1.82) is 0 Å². The number of benzene rings is 1. The first-order valence-electron chi connectivity index (χ1n) is 7.23. The van der Waals surface area contributed by atoms with Gasteiger partial charge in [-0.05, 0) is 37.6 Å². The Kier molecular flexibility index (Phi) is 5.76. The number of hydrogen-bond donors (Lipinski definition) is 1. The highest BCUT2D eigenvalue weighted by atomic mass is 32.1. The van der Waals surface area contributed by atoms with Crippen molar-refractivity contribution >= 4 is 28.2 Å². The Balaban J connectivity index is 2.06. The number of methoxy groups -OCH3 is 1. The smallest absolute Gasteiger partial charge is 0.341 e. The number of rotatable bonds is 6. The van der Waals surface area contributed by atoms with Crippen LogP contribution < -0.4 is 10.1 Å². The van der Waals surface area contributed by atoms with Crippen LogP contribution >= 0.6 is 11.3 Å². The summed E-state index contributed by atoms with van der Waals surface area (Å²) in [4.78, 5) is 25.0. The van der Waals surface area contributed by atoms with E-state index in [0.717, 1.165) is 16.2 Å². The number of nitrogens with one attached hydrogen (secondary N) is 1. The Labute approximate surface area is 139 Å². The molecular weight excluding hydrogens is 314 g/mol. The normalized spacial score (nSPS) is 10.2. The molecule has 1 amide bonds. The van der Waals surface area contributed by atoms with Crippen LogP contribution in [0.25, 0.3) is 0 Å². The molecule has 5 nitrogen and oxygen atoms in total. The lowest BCUT2D eigenvalue weighted by Crippen LogP contribution is -2.16. The summed E-state index contributed by atoms with van der Waals surface area (Å²) in [7, 11) is 1.59. The maximum Gasteiger partial charge on any atom is 0.341 e. The molecule has 2 rings (SSSR count). The van der Waals surface area contributed by atoms with Crippen molar-refractivity contribution in [3.05, 3.63) is 46.3 Å². The van der Waals surface area contributed by atoms with E-state index in [9.17, 15) is 9.59 Å². The Bertz CT molecular complexity index is 691. The van der Waals surface area contributed by atoms with E-state index in [1.165, 1.54) is 11.3 Å². The number of hydrogen-bond acceptors (Lipinski definition) is 5. The molecular formula is C17H19NO4S. The van der Waals surface area contributed by atoms with Gasteiger partial charge in [-0.1, -0.05) is 12.1 Å². The van der Waals surface area contributed by atoms with Gasteiger partial charge in [0.05, 0.1) is 25.7 Å². The summed E-state index contributed by atoms with van der Waals surface area (Å²) in [5.74, 6) is 0.145. The summed E-state index contributed by atoms with van der Waals surface area (Å²) < 4.78 is 10.1. The molecule has 2 aromatic rings. The Hall–Kier alpha value is -2.34. The van der Waals surface area contributed by atoms with E-state index in [0.29, 0.717) is 17.2 Å². The van der Waals surface area contributed by atoms with Crippen LogP contribution in [0.2, 0.25) is 0 Å². The van der Waals surface area contributed by atoms with E-state index in [2.05, 4.69) is 5.32 Å². The lowest BCUT2D eigenvalue weighted by molar-refractivity contribution is -0.115. The average molecular weight is 333 g/mol. The molecule has 0 saturated carbocycles. The van der Waals surface area contributed by atoms with Crippen LogP contribution in [0.3, 0.4) is 0 Å². The van der Waals surface area contributed by atoms with Crippen molar-refractivity contribution in [2.45, 2.75) is 20.3 Å². The number of carbonyl (C=O) groups is 2. The van der Waals surface area contributed by atoms with Gasteiger partial charge in [-0.25, -0.2) is 4.79 Å². The Morgan fingerprint density at radius 3 is 2.52 bits per heavy atom. The van der Waals surface area contributed by atoms with Crippen molar-refractivity contribution in [3.8, 4) is 5.75 Å². The summed E-state index contributed by atoms with van der Waals surface area (Å²) in [6.07, 6.45) is 0.225. The highest BCUT2D eigenvalue weighted by Gasteiger charge is 2.18. The third kappa shape index (κ3) is 4.56. The van der Waals surface area contributed by atoms with Gasteiger partial charge in [0.15, 0.2) is 0 Å². The zero-order chi connectivity index (χ0) is 16.8. The van der Waals surface area contributed by atoms with E-state index in [1.807, 2.05) is 31.2 Å². The summed E-state index contributed by atoms with van der Waals surface area (Å²) >= 11 is 1.36. The lowest BCUT2D eigenvalue weighted by atomic mass is 10.1. The van der Waals surface area contributed by atoms with Gasteiger partial charge < -0.3 is 14.8 Å². The molecule has 1 N–H and O–H groups in total. The third-order valence-electron chi connectivity index (χ3n) is 3.13. The van der Waals surface area contributed by atoms with Gasteiger partial charge in [-0.3, -0.25) is 4.79 Å². The fourth-order valence-corrected chi connectivity index (χ4v) is 2.98. The van der Waals surface area contributed by atoms with Crippen LogP contribution in [-0.4, -0.2) is 25.6 Å². The van der Waals surface area contributed by atoms with Crippen molar-refractivity contribution in [1.82, 2.24) is 0 Å². The molecule has 0 saturated heterocycles.